The molecule has 70 valence electrons. The zero-order chi connectivity index (χ0) is 9.26. The largest absolute Gasteiger partial charge is 0.0770 e. The zero-order valence-corrected chi connectivity index (χ0v) is 8.64. The standard InChI is InChI=1S/C13H18/c1-10(2)11-6-8-12-4-3-5-13(12)9-7-11/h6,8-10H,3-5,7H2,1-2H3. The minimum absolute atomic E-state index is 0.701. The average molecular weight is 174 g/mol. The molecule has 0 aromatic heterocycles. The Hall–Kier alpha value is -0.780. The van der Waals surface area contributed by atoms with E-state index in [0.29, 0.717) is 5.92 Å². The molecule has 2 rings (SSSR count). The highest BCUT2D eigenvalue weighted by Gasteiger charge is 2.15. The van der Waals surface area contributed by atoms with Gasteiger partial charge in [0.25, 0.3) is 0 Å². The van der Waals surface area contributed by atoms with Gasteiger partial charge in [-0.1, -0.05) is 37.6 Å². The Kier molecular flexibility index (Phi) is 2.39. The molecule has 0 spiro atoms. The van der Waals surface area contributed by atoms with Gasteiger partial charge in [0, 0.05) is 0 Å². The summed E-state index contributed by atoms with van der Waals surface area (Å²) in [6.45, 7) is 4.56. The number of allylic oxidation sites excluding steroid dienone is 6. The molecule has 2 aliphatic carbocycles. The van der Waals surface area contributed by atoms with E-state index in [1.807, 2.05) is 0 Å². The van der Waals surface area contributed by atoms with E-state index in [2.05, 4.69) is 32.1 Å². The third-order valence-corrected chi connectivity index (χ3v) is 3.13. The van der Waals surface area contributed by atoms with Crippen molar-refractivity contribution >= 4 is 0 Å². The highest BCUT2D eigenvalue weighted by Crippen LogP contribution is 2.33. The summed E-state index contributed by atoms with van der Waals surface area (Å²) < 4.78 is 0. The molecule has 2 aliphatic rings. The topological polar surface area (TPSA) is 0 Å². The van der Waals surface area contributed by atoms with Crippen molar-refractivity contribution in [3.8, 4) is 0 Å². The summed E-state index contributed by atoms with van der Waals surface area (Å²) in [6, 6.07) is 0. The fourth-order valence-corrected chi connectivity index (χ4v) is 2.16. The molecule has 0 heterocycles. The predicted octanol–water partition coefficient (Wildman–Crippen LogP) is 4.01. The van der Waals surface area contributed by atoms with E-state index in [1.54, 1.807) is 16.7 Å². The van der Waals surface area contributed by atoms with Crippen molar-refractivity contribution in [2.24, 2.45) is 5.92 Å². The van der Waals surface area contributed by atoms with E-state index < -0.39 is 0 Å². The molecule has 1 saturated carbocycles. The van der Waals surface area contributed by atoms with E-state index >= 15 is 0 Å². The fraction of sp³-hybridized carbons (Fsp3) is 0.538. The monoisotopic (exact) mass is 174 g/mol. The summed E-state index contributed by atoms with van der Waals surface area (Å²) in [6.07, 6.45) is 12.3. The average Bonchev–Trinajstić information content (AvgIpc) is 2.44. The third kappa shape index (κ3) is 1.77. The normalized spacial score (nSPS) is 21.9. The van der Waals surface area contributed by atoms with Crippen LogP contribution in [-0.2, 0) is 0 Å². The summed E-state index contributed by atoms with van der Waals surface area (Å²) >= 11 is 0. The van der Waals surface area contributed by atoms with Gasteiger partial charge in [-0.3, -0.25) is 0 Å². The molecule has 1 fully saturated rings. The number of fused-ring (bicyclic) bond motifs is 1. The second-order valence-corrected chi connectivity index (χ2v) is 4.38. The van der Waals surface area contributed by atoms with Crippen LogP contribution < -0.4 is 0 Å². The van der Waals surface area contributed by atoms with Gasteiger partial charge in [0.2, 0.25) is 0 Å². The summed E-state index contributed by atoms with van der Waals surface area (Å²) in [5, 5.41) is 0. The highest BCUT2D eigenvalue weighted by molar-refractivity contribution is 5.41. The summed E-state index contributed by atoms with van der Waals surface area (Å²) in [7, 11) is 0. The van der Waals surface area contributed by atoms with E-state index in [-0.39, 0.29) is 0 Å². The van der Waals surface area contributed by atoms with Gasteiger partial charge in [0.05, 0.1) is 0 Å². The van der Waals surface area contributed by atoms with Gasteiger partial charge >= 0.3 is 0 Å². The fourth-order valence-electron chi connectivity index (χ4n) is 2.16. The molecule has 0 radical (unpaired) electrons. The first-order valence-corrected chi connectivity index (χ1v) is 5.36. The predicted molar refractivity (Wildman–Crippen MR) is 57.6 cm³/mol. The highest BCUT2D eigenvalue weighted by atomic mass is 14.2. The Labute approximate surface area is 81.0 Å². The summed E-state index contributed by atoms with van der Waals surface area (Å²) in [5.74, 6) is 0.701. The van der Waals surface area contributed by atoms with Crippen molar-refractivity contribution in [2.45, 2.75) is 39.5 Å². The lowest BCUT2D eigenvalue weighted by atomic mass is 9.99. The minimum atomic E-state index is 0.701. The number of rotatable bonds is 1. The molecule has 0 nitrogen and oxygen atoms in total. The molecular weight excluding hydrogens is 156 g/mol. The number of hydrogen-bond acceptors (Lipinski definition) is 0. The van der Waals surface area contributed by atoms with Crippen LogP contribution in [0.2, 0.25) is 0 Å². The van der Waals surface area contributed by atoms with Gasteiger partial charge in [0.15, 0.2) is 0 Å². The molecule has 0 bridgehead atoms. The molecule has 0 aliphatic heterocycles. The SMILES string of the molecule is CC(C)C1=CC=C2CCCC2=CC1. The summed E-state index contributed by atoms with van der Waals surface area (Å²) in [5.41, 5.74) is 4.79. The molecule has 0 aromatic rings. The van der Waals surface area contributed by atoms with Crippen molar-refractivity contribution in [2.75, 3.05) is 0 Å². The maximum absolute atomic E-state index is 2.44. The van der Waals surface area contributed by atoms with E-state index in [4.69, 9.17) is 0 Å². The van der Waals surface area contributed by atoms with Crippen LogP contribution in [0.25, 0.3) is 0 Å². The zero-order valence-electron chi connectivity index (χ0n) is 8.64. The molecule has 0 N–H and O–H groups in total. The maximum atomic E-state index is 2.44. The van der Waals surface area contributed by atoms with Gasteiger partial charge in [-0.05, 0) is 42.7 Å². The van der Waals surface area contributed by atoms with Crippen molar-refractivity contribution in [3.05, 3.63) is 34.9 Å². The molecular formula is C13H18. The van der Waals surface area contributed by atoms with Gasteiger partial charge < -0.3 is 0 Å². The Morgan fingerprint density at radius 3 is 2.62 bits per heavy atom. The smallest absolute Gasteiger partial charge is 0.0127 e. The Morgan fingerprint density at radius 1 is 1.08 bits per heavy atom. The van der Waals surface area contributed by atoms with Gasteiger partial charge in [0.1, 0.15) is 0 Å². The lowest BCUT2D eigenvalue weighted by Gasteiger charge is -2.06. The van der Waals surface area contributed by atoms with Gasteiger partial charge in [-0.25, -0.2) is 0 Å². The molecule has 0 aromatic carbocycles. The van der Waals surface area contributed by atoms with Crippen LogP contribution in [0.1, 0.15) is 39.5 Å². The first kappa shape index (κ1) is 8.80. The molecule has 0 amide bonds. The first-order chi connectivity index (χ1) is 6.27. The lowest BCUT2D eigenvalue weighted by molar-refractivity contribution is 0.747. The molecule has 0 saturated heterocycles. The van der Waals surface area contributed by atoms with Crippen molar-refractivity contribution in [3.63, 3.8) is 0 Å². The van der Waals surface area contributed by atoms with Crippen LogP contribution >= 0.6 is 0 Å². The molecule has 0 atom stereocenters. The van der Waals surface area contributed by atoms with Crippen molar-refractivity contribution < 1.29 is 0 Å². The van der Waals surface area contributed by atoms with Crippen LogP contribution in [0.5, 0.6) is 0 Å². The molecule has 13 heavy (non-hydrogen) atoms. The van der Waals surface area contributed by atoms with Gasteiger partial charge in [-0.15, -0.1) is 0 Å². The van der Waals surface area contributed by atoms with Crippen LogP contribution in [0.3, 0.4) is 0 Å². The quantitative estimate of drug-likeness (QED) is 0.563. The van der Waals surface area contributed by atoms with Crippen LogP contribution in [0, 0.1) is 5.92 Å². The van der Waals surface area contributed by atoms with Gasteiger partial charge in [-0.2, -0.15) is 0 Å². The van der Waals surface area contributed by atoms with E-state index in [0.717, 1.165) is 0 Å². The minimum Gasteiger partial charge on any atom is -0.0770 e. The van der Waals surface area contributed by atoms with Crippen molar-refractivity contribution in [1.82, 2.24) is 0 Å². The number of hydrogen-bond donors (Lipinski definition) is 0. The lowest BCUT2D eigenvalue weighted by Crippen LogP contribution is -1.91. The second-order valence-electron chi connectivity index (χ2n) is 4.38. The van der Waals surface area contributed by atoms with Crippen LogP contribution in [-0.4, -0.2) is 0 Å². The Morgan fingerprint density at radius 2 is 1.85 bits per heavy atom. The first-order valence-electron chi connectivity index (χ1n) is 5.36. The van der Waals surface area contributed by atoms with Crippen LogP contribution in [0.15, 0.2) is 34.9 Å². The van der Waals surface area contributed by atoms with E-state index in [1.165, 1.54) is 25.7 Å². The van der Waals surface area contributed by atoms with Crippen molar-refractivity contribution in [1.29, 1.82) is 0 Å². The third-order valence-electron chi connectivity index (χ3n) is 3.13. The van der Waals surface area contributed by atoms with Crippen LogP contribution in [0.4, 0.5) is 0 Å². The van der Waals surface area contributed by atoms with E-state index in [9.17, 15) is 0 Å². The summed E-state index contributed by atoms with van der Waals surface area (Å²) in [4.78, 5) is 0. The molecule has 0 heteroatoms. The maximum Gasteiger partial charge on any atom is -0.0127 e. The Bertz CT molecular complexity index is 287. The molecule has 0 unspecified atom stereocenters. The Balaban J connectivity index is 2.25. The second kappa shape index (κ2) is 3.53.